The molecule has 2 aliphatic rings. The standard InChI is InChI=1S/C16H23NS/c1-12-3-2-4-14(7-12)15-8-16(9-15)17-10-13-5-6-18-11-13/h2-4,7,13,15-17H,5-6,8-11H2,1H3. The molecule has 1 atom stereocenters. The van der Waals surface area contributed by atoms with Crippen molar-refractivity contribution in [3.05, 3.63) is 35.4 Å². The van der Waals surface area contributed by atoms with Crippen LogP contribution in [0.3, 0.4) is 0 Å². The lowest BCUT2D eigenvalue weighted by Crippen LogP contribution is -2.42. The molecule has 3 rings (SSSR count). The van der Waals surface area contributed by atoms with Crippen LogP contribution < -0.4 is 5.32 Å². The van der Waals surface area contributed by atoms with Gasteiger partial charge in [0.05, 0.1) is 0 Å². The first kappa shape index (κ1) is 12.6. The van der Waals surface area contributed by atoms with E-state index in [9.17, 15) is 0 Å². The Hall–Kier alpha value is -0.470. The Morgan fingerprint density at radius 2 is 2.22 bits per heavy atom. The lowest BCUT2D eigenvalue weighted by Gasteiger charge is -2.37. The SMILES string of the molecule is Cc1cccc(C2CC(NCC3CCSC3)C2)c1. The van der Waals surface area contributed by atoms with Gasteiger partial charge < -0.3 is 5.32 Å². The van der Waals surface area contributed by atoms with Crippen molar-refractivity contribution in [2.75, 3.05) is 18.1 Å². The minimum atomic E-state index is 0.779. The summed E-state index contributed by atoms with van der Waals surface area (Å²) < 4.78 is 0. The van der Waals surface area contributed by atoms with E-state index >= 15 is 0 Å². The first-order chi connectivity index (χ1) is 8.81. The maximum absolute atomic E-state index is 3.76. The Labute approximate surface area is 115 Å². The predicted octanol–water partition coefficient (Wildman–Crippen LogP) is 3.58. The smallest absolute Gasteiger partial charge is 0.00788 e. The summed E-state index contributed by atoms with van der Waals surface area (Å²) >= 11 is 2.12. The fourth-order valence-electron chi connectivity index (χ4n) is 3.06. The largest absolute Gasteiger partial charge is 0.314 e. The Bertz CT molecular complexity index is 392. The molecule has 0 spiro atoms. The zero-order valence-electron chi connectivity index (χ0n) is 11.2. The average molecular weight is 261 g/mol. The van der Waals surface area contributed by atoms with Gasteiger partial charge in [0.1, 0.15) is 0 Å². The second-order valence-electron chi connectivity index (χ2n) is 5.92. The third-order valence-electron chi connectivity index (χ3n) is 4.37. The van der Waals surface area contributed by atoms with Crippen LogP contribution in [-0.2, 0) is 0 Å². The van der Waals surface area contributed by atoms with E-state index in [1.165, 1.54) is 42.9 Å². The molecule has 1 nitrogen and oxygen atoms in total. The van der Waals surface area contributed by atoms with E-state index in [1.807, 2.05) is 0 Å². The summed E-state index contributed by atoms with van der Waals surface area (Å²) in [6, 6.07) is 9.81. The Morgan fingerprint density at radius 3 is 2.94 bits per heavy atom. The number of benzene rings is 1. The van der Waals surface area contributed by atoms with Gasteiger partial charge in [0.2, 0.25) is 0 Å². The van der Waals surface area contributed by atoms with Crippen LogP contribution in [0, 0.1) is 12.8 Å². The quantitative estimate of drug-likeness (QED) is 0.889. The maximum atomic E-state index is 3.76. The Morgan fingerprint density at radius 1 is 1.33 bits per heavy atom. The highest BCUT2D eigenvalue weighted by molar-refractivity contribution is 7.99. The molecular weight excluding hydrogens is 238 g/mol. The highest BCUT2D eigenvalue weighted by Crippen LogP contribution is 2.37. The molecule has 0 aromatic heterocycles. The lowest BCUT2D eigenvalue weighted by atomic mass is 9.75. The summed E-state index contributed by atoms with van der Waals surface area (Å²) in [6.45, 7) is 3.44. The van der Waals surface area contributed by atoms with E-state index in [0.29, 0.717) is 0 Å². The van der Waals surface area contributed by atoms with E-state index in [0.717, 1.165) is 17.9 Å². The molecule has 1 saturated carbocycles. The minimum Gasteiger partial charge on any atom is -0.314 e. The third kappa shape index (κ3) is 2.92. The summed E-state index contributed by atoms with van der Waals surface area (Å²) in [5.41, 5.74) is 2.94. The second kappa shape index (κ2) is 5.66. The van der Waals surface area contributed by atoms with Crippen molar-refractivity contribution in [2.24, 2.45) is 5.92 Å². The van der Waals surface area contributed by atoms with Crippen molar-refractivity contribution in [3.8, 4) is 0 Å². The fraction of sp³-hybridized carbons (Fsp3) is 0.625. The summed E-state index contributed by atoms with van der Waals surface area (Å²) in [6.07, 6.45) is 4.10. The van der Waals surface area contributed by atoms with E-state index in [2.05, 4.69) is 48.3 Å². The number of rotatable bonds is 4. The van der Waals surface area contributed by atoms with Crippen LogP contribution >= 0.6 is 11.8 Å². The van der Waals surface area contributed by atoms with E-state index in [4.69, 9.17) is 0 Å². The van der Waals surface area contributed by atoms with Crippen LogP contribution in [0.15, 0.2) is 24.3 Å². The van der Waals surface area contributed by atoms with Gasteiger partial charge >= 0.3 is 0 Å². The summed E-state index contributed by atoms with van der Waals surface area (Å²) in [5.74, 6) is 4.50. The number of hydrogen-bond donors (Lipinski definition) is 1. The van der Waals surface area contributed by atoms with Crippen LogP contribution in [0.5, 0.6) is 0 Å². The molecule has 1 N–H and O–H groups in total. The molecule has 0 amide bonds. The molecule has 0 bridgehead atoms. The van der Waals surface area contributed by atoms with Gasteiger partial charge in [-0.15, -0.1) is 0 Å². The second-order valence-corrected chi connectivity index (χ2v) is 7.07. The van der Waals surface area contributed by atoms with Gasteiger partial charge in [-0.05, 0) is 61.6 Å². The van der Waals surface area contributed by atoms with E-state index < -0.39 is 0 Å². The molecular formula is C16H23NS. The van der Waals surface area contributed by atoms with Crippen molar-refractivity contribution in [1.82, 2.24) is 5.32 Å². The number of hydrogen-bond acceptors (Lipinski definition) is 2. The molecule has 1 aliphatic carbocycles. The van der Waals surface area contributed by atoms with Crippen molar-refractivity contribution < 1.29 is 0 Å². The molecule has 18 heavy (non-hydrogen) atoms. The molecule has 1 aromatic rings. The van der Waals surface area contributed by atoms with Gasteiger partial charge in [-0.25, -0.2) is 0 Å². The van der Waals surface area contributed by atoms with Crippen LogP contribution in [0.2, 0.25) is 0 Å². The van der Waals surface area contributed by atoms with Gasteiger partial charge in [0, 0.05) is 6.04 Å². The monoisotopic (exact) mass is 261 g/mol. The van der Waals surface area contributed by atoms with Gasteiger partial charge in [-0.1, -0.05) is 29.8 Å². The van der Waals surface area contributed by atoms with Crippen LogP contribution in [0.1, 0.15) is 36.3 Å². The Kier molecular flexibility index (Phi) is 3.95. The van der Waals surface area contributed by atoms with Crippen LogP contribution in [0.4, 0.5) is 0 Å². The van der Waals surface area contributed by atoms with Crippen LogP contribution in [-0.4, -0.2) is 24.1 Å². The van der Waals surface area contributed by atoms with Crippen LogP contribution in [0.25, 0.3) is 0 Å². The molecule has 1 aliphatic heterocycles. The highest BCUT2D eigenvalue weighted by atomic mass is 32.2. The minimum absolute atomic E-state index is 0.779. The molecule has 1 unspecified atom stereocenters. The zero-order chi connectivity index (χ0) is 12.4. The first-order valence-corrected chi connectivity index (χ1v) is 8.34. The van der Waals surface area contributed by atoms with Crippen molar-refractivity contribution in [1.29, 1.82) is 0 Å². The summed E-state index contributed by atoms with van der Waals surface area (Å²) in [4.78, 5) is 0. The van der Waals surface area contributed by atoms with Crippen molar-refractivity contribution >= 4 is 11.8 Å². The normalized spacial score (nSPS) is 31.3. The zero-order valence-corrected chi connectivity index (χ0v) is 12.0. The maximum Gasteiger partial charge on any atom is 0.00788 e. The number of aryl methyl sites for hydroxylation is 1. The van der Waals surface area contributed by atoms with Gasteiger partial charge in [-0.3, -0.25) is 0 Å². The lowest BCUT2D eigenvalue weighted by molar-refractivity contribution is 0.279. The molecule has 1 aromatic carbocycles. The molecule has 0 radical (unpaired) electrons. The van der Waals surface area contributed by atoms with E-state index in [-0.39, 0.29) is 0 Å². The van der Waals surface area contributed by atoms with Crippen molar-refractivity contribution in [3.63, 3.8) is 0 Å². The molecule has 1 heterocycles. The number of nitrogens with one attached hydrogen (secondary N) is 1. The topological polar surface area (TPSA) is 12.0 Å². The number of thioether (sulfide) groups is 1. The molecule has 1 saturated heterocycles. The van der Waals surface area contributed by atoms with E-state index in [1.54, 1.807) is 5.56 Å². The van der Waals surface area contributed by atoms with Crippen molar-refractivity contribution in [2.45, 2.75) is 38.1 Å². The predicted molar refractivity (Wildman–Crippen MR) is 80.4 cm³/mol. The first-order valence-electron chi connectivity index (χ1n) is 7.19. The van der Waals surface area contributed by atoms with Gasteiger partial charge in [0.15, 0.2) is 0 Å². The highest BCUT2D eigenvalue weighted by Gasteiger charge is 2.30. The Balaban J connectivity index is 1.42. The summed E-state index contributed by atoms with van der Waals surface area (Å²) in [5, 5.41) is 3.76. The van der Waals surface area contributed by atoms with Gasteiger partial charge in [-0.2, -0.15) is 11.8 Å². The fourth-order valence-corrected chi connectivity index (χ4v) is 4.34. The van der Waals surface area contributed by atoms with Gasteiger partial charge in [0.25, 0.3) is 0 Å². The average Bonchev–Trinajstić information content (AvgIpc) is 2.80. The third-order valence-corrected chi connectivity index (χ3v) is 5.60. The molecule has 98 valence electrons. The summed E-state index contributed by atoms with van der Waals surface area (Å²) in [7, 11) is 0. The molecule has 2 fully saturated rings. The molecule has 2 heteroatoms.